The van der Waals surface area contributed by atoms with Gasteiger partial charge in [0.25, 0.3) is 6.71 Å². The van der Waals surface area contributed by atoms with Crippen molar-refractivity contribution in [3.8, 4) is 11.5 Å². The number of hydrogen-bond donors (Lipinski definition) is 0. The molecule has 0 aromatic heterocycles. The molecule has 0 bridgehead atoms. The zero-order chi connectivity index (χ0) is 23.5. The third-order valence-electron chi connectivity index (χ3n) is 8.10. The summed E-state index contributed by atoms with van der Waals surface area (Å²) in [7, 11) is 0. The molecule has 2 aliphatic carbocycles. The van der Waals surface area contributed by atoms with Crippen molar-refractivity contribution in [2.45, 2.75) is 31.9 Å². The Morgan fingerprint density at radius 2 is 1.43 bits per heavy atom. The molecule has 0 atom stereocenters. The highest BCUT2D eigenvalue weighted by molar-refractivity contribution is 6.99. The lowest BCUT2D eigenvalue weighted by atomic mass is 9.34. The number of para-hydroxylation sites is 1. The first kappa shape index (κ1) is 19.6. The molecule has 0 N–H and O–H groups in total. The van der Waals surface area contributed by atoms with Gasteiger partial charge in [-0.2, -0.15) is 13.2 Å². The molecule has 2 heterocycles. The minimum atomic E-state index is -4.48. The van der Waals surface area contributed by atoms with Crippen LogP contribution in [0.4, 0.5) is 30.2 Å². The molecule has 2 nitrogen and oxygen atoms in total. The Morgan fingerprint density at radius 1 is 0.686 bits per heavy atom. The molecule has 4 aliphatic rings. The van der Waals surface area contributed by atoms with E-state index in [1.54, 1.807) is 0 Å². The van der Waals surface area contributed by atoms with Gasteiger partial charge in [0.05, 0.1) is 5.56 Å². The third-order valence-corrected chi connectivity index (χ3v) is 8.10. The first-order chi connectivity index (χ1) is 17.0. The first-order valence-electron chi connectivity index (χ1n) is 12.1. The monoisotopic (exact) mass is 465 g/mol. The van der Waals surface area contributed by atoms with Crippen LogP contribution in [0, 0.1) is 0 Å². The van der Waals surface area contributed by atoms with Crippen molar-refractivity contribution >= 4 is 40.2 Å². The molecule has 0 saturated heterocycles. The van der Waals surface area contributed by atoms with Gasteiger partial charge in [0.1, 0.15) is 11.5 Å². The van der Waals surface area contributed by atoms with E-state index in [1.807, 2.05) is 35.2 Å². The van der Waals surface area contributed by atoms with Gasteiger partial charge in [-0.15, -0.1) is 0 Å². The summed E-state index contributed by atoms with van der Waals surface area (Å²) in [5.41, 5.74) is 9.91. The van der Waals surface area contributed by atoms with E-state index in [2.05, 4.69) is 24.3 Å². The van der Waals surface area contributed by atoms with E-state index in [0.717, 1.165) is 53.4 Å². The molecule has 170 valence electrons. The second-order valence-electron chi connectivity index (χ2n) is 9.95. The van der Waals surface area contributed by atoms with Crippen LogP contribution in [-0.2, 0) is 31.9 Å². The van der Waals surface area contributed by atoms with Crippen molar-refractivity contribution in [3.05, 3.63) is 94.5 Å². The van der Waals surface area contributed by atoms with E-state index < -0.39 is 11.7 Å². The summed E-state index contributed by atoms with van der Waals surface area (Å²) in [6.07, 6.45) is -0.363. The van der Waals surface area contributed by atoms with Crippen molar-refractivity contribution in [2.24, 2.45) is 0 Å². The maximum Gasteiger partial charge on any atom is 0.416 e. The molecule has 0 amide bonds. The normalized spacial score (nSPS) is 16.1. The van der Waals surface area contributed by atoms with Crippen LogP contribution < -0.4 is 26.0 Å². The number of halogens is 3. The SMILES string of the molecule is FC(F)(F)c1cc2c3c(c1)N(c1ccc4c(c1)CC4)c1cc4c(cc1B3c1ccccc1O2)CC4. The summed E-state index contributed by atoms with van der Waals surface area (Å²) in [4.78, 5) is 2.04. The van der Waals surface area contributed by atoms with Gasteiger partial charge >= 0.3 is 6.18 Å². The molecule has 6 heteroatoms. The Labute approximate surface area is 201 Å². The smallest absolute Gasteiger partial charge is 0.416 e. The van der Waals surface area contributed by atoms with Crippen molar-refractivity contribution in [3.63, 3.8) is 0 Å². The van der Waals surface area contributed by atoms with E-state index in [0.29, 0.717) is 17.2 Å². The van der Waals surface area contributed by atoms with Gasteiger partial charge in [-0.05, 0) is 101 Å². The lowest BCUT2D eigenvalue weighted by Gasteiger charge is -2.42. The first-order valence-corrected chi connectivity index (χ1v) is 12.1. The van der Waals surface area contributed by atoms with Gasteiger partial charge in [0.2, 0.25) is 0 Å². The topological polar surface area (TPSA) is 12.5 Å². The molecule has 8 rings (SSSR count). The van der Waals surface area contributed by atoms with Crippen LogP contribution in [0.15, 0.2) is 66.7 Å². The maximum atomic E-state index is 14.1. The van der Waals surface area contributed by atoms with Crippen molar-refractivity contribution in [1.29, 1.82) is 0 Å². The van der Waals surface area contributed by atoms with Crippen molar-refractivity contribution in [2.75, 3.05) is 4.90 Å². The van der Waals surface area contributed by atoms with E-state index >= 15 is 0 Å². The molecule has 4 aromatic carbocycles. The van der Waals surface area contributed by atoms with Gasteiger partial charge < -0.3 is 9.64 Å². The summed E-state index contributed by atoms with van der Waals surface area (Å²) in [6.45, 7) is -0.170. The Bertz CT molecular complexity index is 1590. The summed E-state index contributed by atoms with van der Waals surface area (Å²) in [5, 5.41) is 0. The lowest BCUT2D eigenvalue weighted by molar-refractivity contribution is -0.137. The molecule has 0 fully saturated rings. The molecule has 0 spiro atoms. The molecule has 4 aromatic rings. The average molecular weight is 465 g/mol. The van der Waals surface area contributed by atoms with Gasteiger partial charge in [-0.1, -0.05) is 30.3 Å². The number of benzene rings is 4. The van der Waals surface area contributed by atoms with Gasteiger partial charge in [0, 0.05) is 17.1 Å². The van der Waals surface area contributed by atoms with Crippen molar-refractivity contribution < 1.29 is 17.9 Å². The minimum absolute atomic E-state index is 0.170. The Morgan fingerprint density at radius 3 is 2.17 bits per heavy atom. The fraction of sp³-hybridized carbons (Fsp3) is 0.172. The van der Waals surface area contributed by atoms with Gasteiger partial charge in [-0.25, -0.2) is 0 Å². The second-order valence-corrected chi connectivity index (χ2v) is 9.95. The number of rotatable bonds is 1. The van der Waals surface area contributed by atoms with Gasteiger partial charge in [0.15, 0.2) is 0 Å². The van der Waals surface area contributed by atoms with Crippen LogP contribution in [-0.4, -0.2) is 6.71 Å². The maximum absolute atomic E-state index is 14.1. The Balaban J connectivity index is 1.47. The number of nitrogens with zero attached hydrogens (tertiary/aromatic N) is 1. The van der Waals surface area contributed by atoms with Crippen LogP contribution >= 0.6 is 0 Å². The number of anilines is 3. The van der Waals surface area contributed by atoms with Crippen LogP contribution in [0.5, 0.6) is 11.5 Å². The summed E-state index contributed by atoms with van der Waals surface area (Å²) < 4.78 is 48.4. The lowest BCUT2D eigenvalue weighted by Crippen LogP contribution is -2.60. The summed E-state index contributed by atoms with van der Waals surface area (Å²) in [5.74, 6) is 0.916. The zero-order valence-corrected chi connectivity index (χ0v) is 18.7. The highest BCUT2D eigenvalue weighted by Gasteiger charge is 2.45. The quantitative estimate of drug-likeness (QED) is 0.306. The Hall–Kier alpha value is -3.67. The van der Waals surface area contributed by atoms with E-state index in [-0.39, 0.29) is 6.71 Å². The fourth-order valence-electron chi connectivity index (χ4n) is 6.15. The largest absolute Gasteiger partial charge is 0.458 e. The van der Waals surface area contributed by atoms with Crippen LogP contribution in [0.2, 0.25) is 0 Å². The zero-order valence-electron chi connectivity index (χ0n) is 18.7. The number of aryl methyl sites for hydroxylation is 4. The second kappa shape index (κ2) is 6.51. The number of alkyl halides is 3. The summed E-state index contributed by atoms with van der Waals surface area (Å²) >= 11 is 0. The molecule has 35 heavy (non-hydrogen) atoms. The number of hydrogen-bond acceptors (Lipinski definition) is 2. The van der Waals surface area contributed by atoms with Crippen LogP contribution in [0.3, 0.4) is 0 Å². The van der Waals surface area contributed by atoms with Gasteiger partial charge in [-0.3, -0.25) is 0 Å². The molecular weight excluding hydrogens is 446 g/mol. The Kier molecular flexibility index (Phi) is 3.65. The highest BCUT2D eigenvalue weighted by atomic mass is 19.4. The van der Waals surface area contributed by atoms with Crippen LogP contribution in [0.25, 0.3) is 0 Å². The van der Waals surface area contributed by atoms with Crippen molar-refractivity contribution in [1.82, 2.24) is 0 Å². The highest BCUT2D eigenvalue weighted by Crippen LogP contribution is 2.45. The molecule has 2 aliphatic heterocycles. The van der Waals surface area contributed by atoms with Crippen LogP contribution in [0.1, 0.15) is 27.8 Å². The number of fused-ring (bicyclic) bond motifs is 6. The average Bonchev–Trinajstić information content (AvgIpc) is 2.80. The predicted molar refractivity (Wildman–Crippen MR) is 132 cm³/mol. The molecule has 0 unspecified atom stereocenters. The van der Waals surface area contributed by atoms with E-state index in [4.69, 9.17) is 4.74 Å². The number of ether oxygens (including phenoxy) is 1. The third kappa shape index (κ3) is 2.62. The predicted octanol–water partition coefficient (Wildman–Crippen LogP) is 5.31. The summed E-state index contributed by atoms with van der Waals surface area (Å²) in [6, 6.07) is 21.0. The van der Waals surface area contributed by atoms with E-state index in [9.17, 15) is 13.2 Å². The molecule has 0 radical (unpaired) electrons. The minimum Gasteiger partial charge on any atom is -0.458 e. The molecular formula is C29H19BF3NO. The van der Waals surface area contributed by atoms with E-state index in [1.165, 1.54) is 34.4 Å². The standard InChI is InChI=1S/C29H19BF3NO/c31-29(32,33)20-14-25-28-27(15-20)35-26-4-2-1-3-22(26)30(28)23-12-18-7-8-19(18)13-24(23)34(25)21-10-9-16-5-6-17(16)11-21/h1-4,9-15H,5-8H2. The fourth-order valence-corrected chi connectivity index (χ4v) is 6.15. The molecule has 0 saturated carbocycles.